The topological polar surface area (TPSA) is 91.4 Å². The molecule has 0 atom stereocenters. The van der Waals surface area contributed by atoms with Crippen molar-refractivity contribution in [3.05, 3.63) is 23.8 Å². The molecule has 1 saturated heterocycles. The van der Waals surface area contributed by atoms with Crippen LogP contribution >= 0.6 is 0 Å². The molecule has 9 nitrogen and oxygen atoms in total. The second kappa shape index (κ2) is 8.92. The zero-order valence-corrected chi connectivity index (χ0v) is 16.3. The average Bonchev–Trinajstić information content (AvgIpc) is 3.03. The zero-order chi connectivity index (χ0) is 20.1. The Morgan fingerprint density at radius 3 is 2.64 bits per heavy atom. The van der Waals surface area contributed by atoms with Gasteiger partial charge >= 0.3 is 0 Å². The van der Waals surface area contributed by atoms with Gasteiger partial charge in [0.1, 0.15) is 0 Å². The number of carbonyl (C=O) groups is 3. The summed E-state index contributed by atoms with van der Waals surface area (Å²) in [5.74, 6) is 0.721. The van der Waals surface area contributed by atoms with Gasteiger partial charge in [-0.25, -0.2) is 0 Å². The first-order valence-corrected chi connectivity index (χ1v) is 9.32. The maximum atomic E-state index is 12.5. The highest BCUT2D eigenvalue weighted by atomic mass is 16.7. The van der Waals surface area contributed by atoms with Crippen molar-refractivity contribution in [3.8, 4) is 11.5 Å². The van der Waals surface area contributed by atoms with Gasteiger partial charge in [-0.05, 0) is 24.6 Å². The highest BCUT2D eigenvalue weighted by Gasteiger charge is 2.22. The van der Waals surface area contributed by atoms with E-state index in [1.807, 2.05) is 0 Å². The summed E-state index contributed by atoms with van der Waals surface area (Å²) in [5.41, 5.74) is 0.418. The van der Waals surface area contributed by atoms with E-state index < -0.39 is 0 Å². The van der Waals surface area contributed by atoms with E-state index in [0.717, 1.165) is 13.0 Å². The number of hydrogen-bond donors (Lipinski definition) is 1. The molecule has 3 rings (SSSR count). The second-order valence-electron chi connectivity index (χ2n) is 7.05. The van der Waals surface area contributed by atoms with Gasteiger partial charge in [-0.2, -0.15) is 0 Å². The van der Waals surface area contributed by atoms with Crippen LogP contribution in [0.25, 0.3) is 0 Å². The first-order chi connectivity index (χ1) is 13.4. The number of nitrogens with zero attached hydrogens (tertiary/aromatic N) is 3. The van der Waals surface area contributed by atoms with Crippen molar-refractivity contribution in [2.45, 2.75) is 6.42 Å². The third-order valence-corrected chi connectivity index (χ3v) is 4.83. The molecule has 1 fully saturated rings. The predicted molar refractivity (Wildman–Crippen MR) is 101 cm³/mol. The summed E-state index contributed by atoms with van der Waals surface area (Å²) in [5, 5.41) is 2.67. The predicted octanol–water partition coefficient (Wildman–Crippen LogP) is -0.232. The van der Waals surface area contributed by atoms with Gasteiger partial charge in [0.05, 0.1) is 13.1 Å². The molecular formula is C19H26N4O5. The second-order valence-corrected chi connectivity index (χ2v) is 7.05. The van der Waals surface area contributed by atoms with Gasteiger partial charge in [-0.1, -0.05) is 0 Å². The number of amides is 3. The highest BCUT2D eigenvalue weighted by Crippen LogP contribution is 2.32. The van der Waals surface area contributed by atoms with E-state index >= 15 is 0 Å². The summed E-state index contributed by atoms with van der Waals surface area (Å²) in [6.45, 7) is 3.00. The maximum absolute atomic E-state index is 12.5. The molecule has 1 N–H and O–H groups in total. The quantitative estimate of drug-likeness (QED) is 0.747. The highest BCUT2D eigenvalue weighted by molar-refractivity contribution is 5.97. The SMILES string of the molecule is CN(C)C(=O)CN1CCCN(C(=O)CNC(=O)c2ccc3c(c2)OCO3)CC1. The average molecular weight is 390 g/mol. The van der Waals surface area contributed by atoms with Crippen LogP contribution in [0.5, 0.6) is 11.5 Å². The number of nitrogens with one attached hydrogen (secondary N) is 1. The van der Waals surface area contributed by atoms with Gasteiger partial charge in [0.15, 0.2) is 11.5 Å². The first kappa shape index (κ1) is 19.9. The molecule has 1 aromatic rings. The fourth-order valence-electron chi connectivity index (χ4n) is 3.12. The summed E-state index contributed by atoms with van der Waals surface area (Å²) < 4.78 is 10.5. The number of rotatable bonds is 5. The van der Waals surface area contributed by atoms with Crippen LogP contribution in [0.1, 0.15) is 16.8 Å². The van der Waals surface area contributed by atoms with Crippen molar-refractivity contribution in [1.82, 2.24) is 20.0 Å². The summed E-state index contributed by atoms with van der Waals surface area (Å²) in [4.78, 5) is 42.0. The van der Waals surface area contributed by atoms with Crippen molar-refractivity contribution < 1.29 is 23.9 Å². The maximum Gasteiger partial charge on any atom is 0.251 e. The number of fused-ring (bicyclic) bond motifs is 1. The van der Waals surface area contributed by atoms with Gasteiger partial charge in [0.2, 0.25) is 18.6 Å². The minimum absolute atomic E-state index is 0.0516. The molecule has 3 amide bonds. The molecule has 0 aliphatic carbocycles. The van der Waals surface area contributed by atoms with Crippen LogP contribution in [0.15, 0.2) is 18.2 Å². The molecule has 0 bridgehead atoms. The molecule has 0 aromatic heterocycles. The summed E-state index contributed by atoms with van der Waals surface area (Å²) in [7, 11) is 3.47. The van der Waals surface area contributed by atoms with Crippen molar-refractivity contribution in [3.63, 3.8) is 0 Å². The lowest BCUT2D eigenvalue weighted by Gasteiger charge is -2.23. The molecule has 152 valence electrons. The van der Waals surface area contributed by atoms with Crippen LogP contribution < -0.4 is 14.8 Å². The van der Waals surface area contributed by atoms with Gasteiger partial charge in [0, 0.05) is 45.8 Å². The Hall–Kier alpha value is -2.81. The van der Waals surface area contributed by atoms with E-state index in [9.17, 15) is 14.4 Å². The fourth-order valence-corrected chi connectivity index (χ4v) is 3.12. The smallest absolute Gasteiger partial charge is 0.251 e. The lowest BCUT2D eigenvalue weighted by molar-refractivity contribution is -0.130. The first-order valence-electron chi connectivity index (χ1n) is 9.32. The fraction of sp³-hybridized carbons (Fsp3) is 0.526. The Kier molecular flexibility index (Phi) is 6.35. The number of hydrogen-bond acceptors (Lipinski definition) is 6. The van der Waals surface area contributed by atoms with Gasteiger partial charge < -0.3 is 24.6 Å². The number of carbonyl (C=O) groups excluding carboxylic acids is 3. The van der Waals surface area contributed by atoms with Crippen LogP contribution in [-0.4, -0.2) is 92.6 Å². The van der Waals surface area contributed by atoms with E-state index in [1.54, 1.807) is 42.1 Å². The lowest BCUT2D eigenvalue weighted by atomic mass is 10.2. The third kappa shape index (κ3) is 4.92. The summed E-state index contributed by atoms with van der Waals surface area (Å²) >= 11 is 0. The van der Waals surface area contributed by atoms with E-state index in [2.05, 4.69) is 10.2 Å². The normalized spacial score (nSPS) is 16.4. The molecule has 0 radical (unpaired) electrons. The van der Waals surface area contributed by atoms with Crippen molar-refractivity contribution in [2.75, 3.05) is 60.2 Å². The molecule has 2 heterocycles. The molecule has 28 heavy (non-hydrogen) atoms. The minimum atomic E-state index is -0.334. The molecule has 9 heteroatoms. The van der Waals surface area contributed by atoms with Gasteiger partial charge in [-0.15, -0.1) is 0 Å². The molecule has 0 saturated carbocycles. The van der Waals surface area contributed by atoms with Crippen LogP contribution in [0.3, 0.4) is 0 Å². The van der Waals surface area contributed by atoms with Crippen LogP contribution in [0, 0.1) is 0 Å². The molecule has 0 spiro atoms. The molecule has 2 aliphatic rings. The Morgan fingerprint density at radius 1 is 1.07 bits per heavy atom. The van der Waals surface area contributed by atoms with Gasteiger partial charge in [-0.3, -0.25) is 19.3 Å². The monoisotopic (exact) mass is 390 g/mol. The van der Waals surface area contributed by atoms with E-state index in [4.69, 9.17) is 9.47 Å². The molecule has 2 aliphatic heterocycles. The Labute approximate surface area is 164 Å². The molecule has 1 aromatic carbocycles. The Bertz CT molecular complexity index is 752. The zero-order valence-electron chi connectivity index (χ0n) is 16.3. The summed E-state index contributed by atoms with van der Waals surface area (Å²) in [6.07, 6.45) is 0.794. The summed E-state index contributed by atoms with van der Waals surface area (Å²) in [6, 6.07) is 4.92. The number of likely N-dealkylation sites (N-methyl/N-ethyl adjacent to an activating group) is 1. The standard InChI is InChI=1S/C19H26N4O5/c1-21(2)18(25)12-22-6-3-7-23(9-8-22)17(24)11-20-19(26)14-4-5-15-16(10-14)28-13-27-15/h4-5,10H,3,6-9,11-13H2,1-2H3,(H,20,26). The van der Waals surface area contributed by atoms with Crippen LogP contribution in [0.4, 0.5) is 0 Å². The molecule has 0 unspecified atom stereocenters. The van der Waals surface area contributed by atoms with Crippen molar-refractivity contribution in [2.24, 2.45) is 0 Å². The van der Waals surface area contributed by atoms with Crippen LogP contribution in [-0.2, 0) is 9.59 Å². The minimum Gasteiger partial charge on any atom is -0.454 e. The lowest BCUT2D eigenvalue weighted by Crippen LogP contribution is -2.42. The van der Waals surface area contributed by atoms with E-state index in [1.165, 1.54) is 0 Å². The largest absolute Gasteiger partial charge is 0.454 e. The number of ether oxygens (including phenoxy) is 2. The van der Waals surface area contributed by atoms with Crippen molar-refractivity contribution >= 4 is 17.7 Å². The van der Waals surface area contributed by atoms with E-state index in [0.29, 0.717) is 43.2 Å². The number of benzene rings is 1. The van der Waals surface area contributed by atoms with Gasteiger partial charge in [0.25, 0.3) is 5.91 Å². The third-order valence-electron chi connectivity index (χ3n) is 4.83. The van der Waals surface area contributed by atoms with Crippen molar-refractivity contribution in [1.29, 1.82) is 0 Å². The molecular weight excluding hydrogens is 364 g/mol. The van der Waals surface area contributed by atoms with Crippen LogP contribution in [0.2, 0.25) is 0 Å². The Balaban J connectivity index is 1.47. The Morgan fingerprint density at radius 2 is 1.86 bits per heavy atom. The van der Waals surface area contributed by atoms with E-state index in [-0.39, 0.29) is 31.1 Å².